The number of aromatic nitrogens is 2. The van der Waals surface area contributed by atoms with E-state index in [1.165, 1.54) is 18.2 Å². The van der Waals surface area contributed by atoms with Gasteiger partial charge in [0.1, 0.15) is 0 Å². The first kappa shape index (κ1) is 20.1. The average molecular weight is 373 g/mol. The van der Waals surface area contributed by atoms with E-state index in [9.17, 15) is 19.7 Å². The topological polar surface area (TPSA) is 119 Å². The van der Waals surface area contributed by atoms with Gasteiger partial charge in [-0.3, -0.25) is 35.2 Å². The first-order valence-electron chi connectivity index (χ1n) is 8.55. The Hall–Kier alpha value is -3.23. The lowest BCUT2D eigenvalue weighted by atomic mass is 10.1. The molecule has 2 aromatic rings. The fraction of sp³-hybridized carbons (Fsp3) is 0.389. The summed E-state index contributed by atoms with van der Waals surface area (Å²) < 4.78 is 1.88. The van der Waals surface area contributed by atoms with Gasteiger partial charge in [-0.2, -0.15) is 5.10 Å². The van der Waals surface area contributed by atoms with Crippen molar-refractivity contribution in [1.82, 2.24) is 20.6 Å². The second-order valence-corrected chi connectivity index (χ2v) is 6.71. The number of rotatable bonds is 6. The monoisotopic (exact) mass is 373 g/mol. The number of carbonyl (C=O) groups excluding carboxylic acids is 2. The van der Waals surface area contributed by atoms with E-state index in [-0.39, 0.29) is 17.7 Å². The molecule has 0 spiro atoms. The summed E-state index contributed by atoms with van der Waals surface area (Å²) in [4.78, 5) is 34.4. The van der Waals surface area contributed by atoms with Crippen LogP contribution in [-0.2, 0) is 17.8 Å². The molecule has 1 aromatic carbocycles. The molecule has 0 aliphatic carbocycles. The van der Waals surface area contributed by atoms with Gasteiger partial charge < -0.3 is 0 Å². The fourth-order valence-electron chi connectivity index (χ4n) is 2.68. The Morgan fingerprint density at radius 3 is 2.59 bits per heavy atom. The van der Waals surface area contributed by atoms with Crippen molar-refractivity contribution in [2.45, 2.75) is 40.7 Å². The largest absolute Gasteiger partial charge is 0.273 e. The van der Waals surface area contributed by atoms with E-state index >= 15 is 0 Å². The standard InChI is InChI=1S/C18H23N5O4/c1-11(2)10-22-13(4)16(12(3)21-22)9-17(24)19-20-18(25)14-6-5-7-15(8-14)23(26)27/h5-8,11H,9-10H2,1-4H3,(H,19,24)(H,20,25). The lowest BCUT2D eigenvalue weighted by molar-refractivity contribution is -0.384. The van der Waals surface area contributed by atoms with Crippen LogP contribution < -0.4 is 10.9 Å². The minimum Gasteiger partial charge on any atom is -0.273 e. The van der Waals surface area contributed by atoms with Gasteiger partial charge in [-0.05, 0) is 25.8 Å². The molecule has 2 rings (SSSR count). The minimum absolute atomic E-state index is 0.0744. The molecular weight excluding hydrogens is 350 g/mol. The molecule has 2 amide bonds. The summed E-state index contributed by atoms with van der Waals surface area (Å²) in [7, 11) is 0. The molecule has 0 atom stereocenters. The zero-order valence-corrected chi connectivity index (χ0v) is 15.8. The van der Waals surface area contributed by atoms with Gasteiger partial charge >= 0.3 is 0 Å². The van der Waals surface area contributed by atoms with E-state index in [4.69, 9.17) is 0 Å². The molecular formula is C18H23N5O4. The van der Waals surface area contributed by atoms with E-state index in [0.717, 1.165) is 29.6 Å². The zero-order valence-electron chi connectivity index (χ0n) is 15.8. The SMILES string of the molecule is Cc1nn(CC(C)C)c(C)c1CC(=O)NNC(=O)c1cccc([N+](=O)[O-])c1. The number of carbonyl (C=O) groups is 2. The Morgan fingerprint density at radius 1 is 1.26 bits per heavy atom. The summed E-state index contributed by atoms with van der Waals surface area (Å²) in [6, 6.07) is 5.27. The number of nitro benzene ring substituents is 1. The minimum atomic E-state index is -0.629. The van der Waals surface area contributed by atoms with Crippen LogP contribution >= 0.6 is 0 Å². The van der Waals surface area contributed by atoms with Crippen LogP contribution in [0.15, 0.2) is 24.3 Å². The van der Waals surface area contributed by atoms with Gasteiger partial charge in [-0.15, -0.1) is 0 Å². The number of nitro groups is 1. The van der Waals surface area contributed by atoms with Crippen molar-refractivity contribution in [3.05, 3.63) is 56.9 Å². The molecule has 0 bridgehead atoms. The number of amides is 2. The van der Waals surface area contributed by atoms with E-state index < -0.39 is 16.7 Å². The van der Waals surface area contributed by atoms with Gasteiger partial charge in [-0.1, -0.05) is 19.9 Å². The molecule has 0 unspecified atom stereocenters. The number of hydrogen-bond donors (Lipinski definition) is 2. The molecule has 0 radical (unpaired) electrons. The maximum absolute atomic E-state index is 12.2. The van der Waals surface area contributed by atoms with Crippen LogP contribution in [0.2, 0.25) is 0 Å². The molecule has 1 aromatic heterocycles. The van der Waals surface area contributed by atoms with E-state index in [1.807, 2.05) is 18.5 Å². The lowest BCUT2D eigenvalue weighted by Gasteiger charge is -2.09. The third-order valence-electron chi connectivity index (χ3n) is 4.04. The quantitative estimate of drug-likeness (QED) is 0.593. The normalized spacial score (nSPS) is 10.7. The van der Waals surface area contributed by atoms with Gasteiger partial charge in [0.15, 0.2) is 0 Å². The summed E-state index contributed by atoms with van der Waals surface area (Å²) in [5, 5.41) is 15.2. The van der Waals surface area contributed by atoms with Crippen LogP contribution in [0.25, 0.3) is 0 Å². The summed E-state index contributed by atoms with van der Waals surface area (Å²) >= 11 is 0. The predicted octanol–water partition coefficient (Wildman–Crippen LogP) is 2.07. The highest BCUT2D eigenvalue weighted by Gasteiger charge is 2.17. The number of aryl methyl sites for hydroxylation is 1. The van der Waals surface area contributed by atoms with Gasteiger partial charge in [0.2, 0.25) is 5.91 Å². The highest BCUT2D eigenvalue weighted by Crippen LogP contribution is 2.15. The van der Waals surface area contributed by atoms with Crippen molar-refractivity contribution in [3.8, 4) is 0 Å². The Kier molecular flexibility index (Phi) is 6.27. The third kappa shape index (κ3) is 5.13. The second-order valence-electron chi connectivity index (χ2n) is 6.71. The Labute approximate surface area is 156 Å². The molecule has 0 fully saturated rings. The number of hydrazine groups is 1. The van der Waals surface area contributed by atoms with Crippen LogP contribution in [0.5, 0.6) is 0 Å². The number of nitrogens with one attached hydrogen (secondary N) is 2. The molecule has 27 heavy (non-hydrogen) atoms. The molecule has 144 valence electrons. The van der Waals surface area contributed by atoms with Crippen LogP contribution in [0, 0.1) is 29.9 Å². The van der Waals surface area contributed by atoms with Gasteiger partial charge in [0.05, 0.1) is 17.0 Å². The van der Waals surface area contributed by atoms with Crippen molar-refractivity contribution in [3.63, 3.8) is 0 Å². The first-order chi connectivity index (χ1) is 12.7. The third-order valence-corrected chi connectivity index (χ3v) is 4.04. The van der Waals surface area contributed by atoms with Crippen molar-refractivity contribution in [2.24, 2.45) is 5.92 Å². The summed E-state index contributed by atoms with van der Waals surface area (Å²) in [6.45, 7) is 8.69. The van der Waals surface area contributed by atoms with Gasteiger partial charge in [-0.25, -0.2) is 0 Å². The van der Waals surface area contributed by atoms with Crippen molar-refractivity contribution < 1.29 is 14.5 Å². The Bertz CT molecular complexity index is 873. The Balaban J connectivity index is 1.99. The van der Waals surface area contributed by atoms with Crippen molar-refractivity contribution in [2.75, 3.05) is 0 Å². The van der Waals surface area contributed by atoms with E-state index in [1.54, 1.807) is 0 Å². The smallest absolute Gasteiger partial charge is 0.270 e. The van der Waals surface area contributed by atoms with Crippen molar-refractivity contribution in [1.29, 1.82) is 0 Å². The van der Waals surface area contributed by atoms with Crippen LogP contribution in [-0.4, -0.2) is 26.5 Å². The first-order valence-corrected chi connectivity index (χ1v) is 8.55. The second kappa shape index (κ2) is 8.43. The van der Waals surface area contributed by atoms with Crippen LogP contribution in [0.1, 0.15) is 41.2 Å². The predicted molar refractivity (Wildman–Crippen MR) is 98.9 cm³/mol. The van der Waals surface area contributed by atoms with Gasteiger partial charge in [0, 0.05) is 35.5 Å². The maximum Gasteiger partial charge on any atom is 0.270 e. The summed E-state index contributed by atoms with van der Waals surface area (Å²) in [5.41, 5.74) is 7.01. The molecule has 0 saturated heterocycles. The van der Waals surface area contributed by atoms with E-state index in [2.05, 4.69) is 29.8 Å². The highest BCUT2D eigenvalue weighted by molar-refractivity contribution is 5.96. The Morgan fingerprint density at radius 2 is 1.96 bits per heavy atom. The average Bonchev–Trinajstić information content (AvgIpc) is 2.86. The highest BCUT2D eigenvalue weighted by atomic mass is 16.6. The molecule has 2 N–H and O–H groups in total. The number of benzene rings is 1. The zero-order chi connectivity index (χ0) is 20.1. The van der Waals surface area contributed by atoms with Gasteiger partial charge in [0.25, 0.3) is 11.6 Å². The van der Waals surface area contributed by atoms with Crippen LogP contribution in [0.3, 0.4) is 0 Å². The summed E-state index contributed by atoms with van der Waals surface area (Å²) in [6.07, 6.45) is 0.0744. The molecule has 0 aliphatic heterocycles. The summed E-state index contributed by atoms with van der Waals surface area (Å²) in [5.74, 6) is -0.598. The van der Waals surface area contributed by atoms with Crippen LogP contribution in [0.4, 0.5) is 5.69 Å². The molecule has 1 heterocycles. The van der Waals surface area contributed by atoms with E-state index in [0.29, 0.717) is 5.92 Å². The molecule has 9 nitrogen and oxygen atoms in total. The molecule has 9 heteroatoms. The number of non-ortho nitro benzene ring substituents is 1. The number of hydrogen-bond acceptors (Lipinski definition) is 5. The fourth-order valence-corrected chi connectivity index (χ4v) is 2.68. The van der Waals surface area contributed by atoms with Crippen molar-refractivity contribution >= 4 is 17.5 Å². The lowest BCUT2D eigenvalue weighted by Crippen LogP contribution is -2.42. The number of nitrogens with zero attached hydrogens (tertiary/aromatic N) is 3. The molecule has 0 aliphatic rings. The maximum atomic E-state index is 12.2. The molecule has 0 saturated carbocycles.